The molecule has 1 saturated carbocycles. The summed E-state index contributed by atoms with van der Waals surface area (Å²) in [5, 5.41) is 4.19. The Morgan fingerprint density at radius 1 is 1.00 bits per heavy atom. The lowest BCUT2D eigenvalue weighted by Crippen LogP contribution is -2.25. The Morgan fingerprint density at radius 2 is 1.62 bits per heavy atom. The van der Waals surface area contributed by atoms with E-state index in [1.807, 2.05) is 24.3 Å². The highest BCUT2D eigenvalue weighted by Gasteiger charge is 2.60. The highest BCUT2D eigenvalue weighted by Crippen LogP contribution is 2.59. The largest absolute Gasteiger partial charge is 0.273 e. The van der Waals surface area contributed by atoms with Crippen LogP contribution in [0.2, 0.25) is 0 Å². The van der Waals surface area contributed by atoms with E-state index in [1.54, 1.807) is 6.21 Å². The Bertz CT molecular complexity index is 1040. The van der Waals surface area contributed by atoms with Crippen molar-refractivity contribution in [3.05, 3.63) is 105 Å². The van der Waals surface area contributed by atoms with Crippen molar-refractivity contribution in [1.29, 1.82) is 0 Å². The summed E-state index contributed by atoms with van der Waals surface area (Å²) in [6.07, 6.45) is 2.46. The Labute approximate surface area is 180 Å². The van der Waals surface area contributed by atoms with Gasteiger partial charge in [-0.05, 0) is 49.1 Å². The molecule has 1 atom stereocenters. The van der Waals surface area contributed by atoms with E-state index in [1.165, 1.54) is 22.3 Å². The second-order valence-corrected chi connectivity index (χ2v) is 8.67. The van der Waals surface area contributed by atoms with Crippen LogP contribution in [0.3, 0.4) is 0 Å². The van der Waals surface area contributed by atoms with Crippen LogP contribution in [0, 0.1) is 19.8 Å². The first-order valence-electron chi connectivity index (χ1n) is 9.72. The van der Waals surface area contributed by atoms with E-state index >= 15 is 0 Å². The van der Waals surface area contributed by atoms with E-state index in [-0.39, 0.29) is 17.2 Å². The van der Waals surface area contributed by atoms with Gasteiger partial charge in [0.15, 0.2) is 0 Å². The molecule has 146 valence electrons. The summed E-state index contributed by atoms with van der Waals surface area (Å²) in [6, 6.07) is 24.8. The van der Waals surface area contributed by atoms with E-state index in [0.29, 0.717) is 0 Å². The molecule has 0 aliphatic heterocycles. The van der Waals surface area contributed by atoms with Crippen molar-refractivity contribution in [2.75, 3.05) is 0 Å². The SMILES string of the molecule is Cc1cccc(C2(c3cccc(C)c3)CC2C(=O)N/N=C/c2cccc(Br)c2)c1. The van der Waals surface area contributed by atoms with Crippen molar-refractivity contribution in [2.24, 2.45) is 11.0 Å². The van der Waals surface area contributed by atoms with Crippen LogP contribution in [0.1, 0.15) is 34.2 Å². The van der Waals surface area contributed by atoms with Gasteiger partial charge in [-0.1, -0.05) is 87.7 Å². The number of carbonyl (C=O) groups is 1. The molecule has 0 spiro atoms. The van der Waals surface area contributed by atoms with Crippen LogP contribution >= 0.6 is 15.9 Å². The summed E-state index contributed by atoms with van der Waals surface area (Å²) in [7, 11) is 0. The number of hydrogen-bond acceptors (Lipinski definition) is 2. The monoisotopic (exact) mass is 446 g/mol. The van der Waals surface area contributed by atoms with Crippen molar-refractivity contribution in [3.8, 4) is 0 Å². The van der Waals surface area contributed by atoms with Gasteiger partial charge in [0.2, 0.25) is 5.91 Å². The maximum absolute atomic E-state index is 13.0. The summed E-state index contributed by atoms with van der Waals surface area (Å²) >= 11 is 3.45. The number of hydrazone groups is 1. The molecular weight excluding hydrogens is 424 g/mol. The van der Waals surface area contributed by atoms with Crippen molar-refractivity contribution >= 4 is 28.1 Å². The van der Waals surface area contributed by atoms with Crippen LogP contribution in [0.5, 0.6) is 0 Å². The minimum Gasteiger partial charge on any atom is -0.273 e. The highest BCUT2D eigenvalue weighted by molar-refractivity contribution is 9.10. The van der Waals surface area contributed by atoms with Crippen molar-refractivity contribution < 1.29 is 4.79 Å². The summed E-state index contributed by atoms with van der Waals surface area (Å²) in [4.78, 5) is 13.0. The highest BCUT2D eigenvalue weighted by atomic mass is 79.9. The van der Waals surface area contributed by atoms with E-state index < -0.39 is 0 Å². The number of benzene rings is 3. The Balaban J connectivity index is 1.59. The normalized spacial score (nSPS) is 17.3. The molecule has 3 nitrogen and oxygen atoms in total. The molecule has 29 heavy (non-hydrogen) atoms. The maximum atomic E-state index is 13.0. The molecule has 3 aromatic rings. The van der Waals surface area contributed by atoms with Crippen molar-refractivity contribution in [2.45, 2.75) is 25.7 Å². The van der Waals surface area contributed by atoms with E-state index in [2.05, 4.69) is 88.8 Å². The third-order valence-electron chi connectivity index (χ3n) is 5.58. The number of aryl methyl sites for hydroxylation is 2. The van der Waals surface area contributed by atoms with Gasteiger partial charge in [-0.2, -0.15) is 5.10 Å². The van der Waals surface area contributed by atoms with Crippen molar-refractivity contribution in [3.63, 3.8) is 0 Å². The summed E-state index contributed by atoms with van der Waals surface area (Å²) in [6.45, 7) is 4.18. The van der Waals surface area contributed by atoms with Gasteiger partial charge in [-0.15, -0.1) is 0 Å². The number of amides is 1. The summed E-state index contributed by atoms with van der Waals surface area (Å²) in [5.74, 6) is -0.176. The number of carbonyl (C=O) groups excluding carboxylic acids is 1. The third-order valence-corrected chi connectivity index (χ3v) is 6.07. The molecule has 4 rings (SSSR count). The summed E-state index contributed by atoms with van der Waals surface area (Å²) in [5.41, 5.74) is 8.19. The number of nitrogens with one attached hydrogen (secondary N) is 1. The van der Waals surface area contributed by atoms with Crippen LogP contribution in [0.4, 0.5) is 0 Å². The Hall–Kier alpha value is -2.72. The lowest BCUT2D eigenvalue weighted by atomic mass is 9.84. The third kappa shape index (κ3) is 4.03. The van der Waals surface area contributed by atoms with Gasteiger partial charge in [0.25, 0.3) is 0 Å². The quantitative estimate of drug-likeness (QED) is 0.406. The maximum Gasteiger partial charge on any atom is 0.244 e. The standard InChI is InChI=1S/C25H23BrN2O/c1-17-6-3-9-20(12-17)25(21-10-4-7-18(2)13-21)15-23(25)24(29)28-27-16-19-8-5-11-22(26)14-19/h3-14,16,23H,15H2,1-2H3,(H,28,29)/b27-16+. The molecule has 1 N–H and O–H groups in total. The first-order valence-corrected chi connectivity index (χ1v) is 10.5. The van der Waals surface area contributed by atoms with Gasteiger partial charge in [-0.25, -0.2) is 5.43 Å². The first kappa shape index (κ1) is 19.6. The minimum atomic E-state index is -0.284. The van der Waals surface area contributed by atoms with Crippen LogP contribution in [-0.4, -0.2) is 12.1 Å². The van der Waals surface area contributed by atoms with Gasteiger partial charge in [0, 0.05) is 9.89 Å². The van der Waals surface area contributed by atoms with Crippen LogP contribution < -0.4 is 5.43 Å². The second-order valence-electron chi connectivity index (χ2n) is 7.76. The molecule has 4 heteroatoms. The zero-order valence-corrected chi connectivity index (χ0v) is 18.1. The fourth-order valence-corrected chi connectivity index (χ4v) is 4.48. The van der Waals surface area contributed by atoms with Gasteiger partial charge < -0.3 is 0 Å². The molecule has 0 heterocycles. The van der Waals surface area contributed by atoms with Gasteiger partial charge in [0.05, 0.1) is 12.1 Å². The topological polar surface area (TPSA) is 41.5 Å². The fraction of sp³-hybridized carbons (Fsp3) is 0.200. The van der Waals surface area contributed by atoms with Crippen molar-refractivity contribution in [1.82, 2.24) is 5.43 Å². The van der Waals surface area contributed by atoms with Gasteiger partial charge in [-0.3, -0.25) is 4.79 Å². The molecule has 0 saturated heterocycles. The Morgan fingerprint density at radius 3 is 2.21 bits per heavy atom. The molecule has 0 aromatic heterocycles. The van der Waals surface area contributed by atoms with Crippen LogP contribution in [-0.2, 0) is 10.2 Å². The van der Waals surface area contributed by atoms with Crippen LogP contribution in [0.25, 0.3) is 0 Å². The van der Waals surface area contributed by atoms with E-state index in [9.17, 15) is 4.79 Å². The van der Waals surface area contributed by atoms with E-state index in [0.717, 1.165) is 16.5 Å². The average molecular weight is 447 g/mol. The van der Waals surface area contributed by atoms with E-state index in [4.69, 9.17) is 0 Å². The fourth-order valence-electron chi connectivity index (χ4n) is 4.06. The van der Waals surface area contributed by atoms with Gasteiger partial charge in [0.1, 0.15) is 0 Å². The lowest BCUT2D eigenvalue weighted by molar-refractivity contribution is -0.122. The number of hydrogen-bond donors (Lipinski definition) is 1. The molecule has 1 aliphatic carbocycles. The molecular formula is C25H23BrN2O. The van der Waals surface area contributed by atoms with Gasteiger partial charge >= 0.3 is 0 Å². The predicted octanol–water partition coefficient (Wildman–Crippen LogP) is 5.52. The predicted molar refractivity (Wildman–Crippen MR) is 121 cm³/mol. The average Bonchev–Trinajstić information content (AvgIpc) is 3.45. The Kier molecular flexibility index (Phi) is 5.37. The number of nitrogens with zero attached hydrogens (tertiary/aromatic N) is 1. The second kappa shape index (κ2) is 7.96. The molecule has 1 fully saturated rings. The van der Waals surface area contributed by atoms with Crippen LogP contribution in [0.15, 0.2) is 82.4 Å². The molecule has 1 amide bonds. The summed E-state index contributed by atoms with van der Waals surface area (Å²) < 4.78 is 0.980. The zero-order valence-electron chi connectivity index (χ0n) is 16.5. The number of halogens is 1. The number of rotatable bonds is 5. The molecule has 1 unspecified atom stereocenters. The first-order chi connectivity index (χ1) is 14.0. The lowest BCUT2D eigenvalue weighted by Gasteiger charge is -2.19. The molecule has 1 aliphatic rings. The molecule has 3 aromatic carbocycles. The smallest absolute Gasteiger partial charge is 0.244 e. The minimum absolute atomic E-state index is 0.0424. The molecule has 0 bridgehead atoms. The molecule has 0 radical (unpaired) electrons. The zero-order chi connectivity index (χ0) is 20.4.